The first kappa shape index (κ1) is 20.8. The maximum absolute atomic E-state index is 12.1. The van der Waals surface area contributed by atoms with Gasteiger partial charge < -0.3 is 5.32 Å². The Morgan fingerprint density at radius 3 is 2.32 bits per heavy atom. The summed E-state index contributed by atoms with van der Waals surface area (Å²) in [4.78, 5) is 12.1. The number of amides is 1. The molecule has 3 aromatic carbocycles. The van der Waals surface area contributed by atoms with Crippen LogP contribution >= 0.6 is 35.0 Å². The molecule has 28 heavy (non-hydrogen) atoms. The van der Waals surface area contributed by atoms with Crippen molar-refractivity contribution in [3.8, 4) is 11.1 Å². The van der Waals surface area contributed by atoms with E-state index in [4.69, 9.17) is 23.2 Å². The molecule has 0 unspecified atom stereocenters. The molecule has 1 amide bonds. The molecule has 0 heterocycles. The average molecular weight is 430 g/mol. The molecule has 0 fully saturated rings. The maximum Gasteiger partial charge on any atom is 0.224 e. The van der Waals surface area contributed by atoms with Gasteiger partial charge in [0.2, 0.25) is 5.91 Å². The highest BCUT2D eigenvalue weighted by Gasteiger charge is 2.05. The van der Waals surface area contributed by atoms with Crippen molar-refractivity contribution in [3.05, 3.63) is 94.0 Å². The van der Waals surface area contributed by atoms with Gasteiger partial charge in [0.1, 0.15) is 0 Å². The van der Waals surface area contributed by atoms with Gasteiger partial charge in [-0.05, 0) is 34.4 Å². The molecule has 0 spiro atoms. The Bertz CT molecular complexity index is 914. The van der Waals surface area contributed by atoms with Crippen molar-refractivity contribution in [2.24, 2.45) is 0 Å². The summed E-state index contributed by atoms with van der Waals surface area (Å²) >= 11 is 13.8. The van der Waals surface area contributed by atoms with Crippen LogP contribution in [0, 0.1) is 0 Å². The monoisotopic (exact) mass is 429 g/mol. The molecular weight excluding hydrogens is 409 g/mol. The number of hydrogen-bond acceptors (Lipinski definition) is 2. The fraction of sp³-hybridized carbons (Fsp3) is 0.174. The van der Waals surface area contributed by atoms with E-state index in [2.05, 4.69) is 29.6 Å². The number of thioether (sulfide) groups is 1. The second-order valence-corrected chi connectivity index (χ2v) is 8.33. The smallest absolute Gasteiger partial charge is 0.224 e. The number of nitrogens with one attached hydrogen (secondary N) is 1. The molecule has 0 aliphatic rings. The van der Waals surface area contributed by atoms with Crippen molar-refractivity contribution in [3.63, 3.8) is 0 Å². The van der Waals surface area contributed by atoms with Gasteiger partial charge in [0.05, 0.1) is 6.42 Å². The van der Waals surface area contributed by atoms with E-state index in [-0.39, 0.29) is 5.91 Å². The molecule has 3 aromatic rings. The fourth-order valence-corrected chi connectivity index (χ4v) is 4.19. The minimum atomic E-state index is 0.0394. The molecule has 0 saturated heterocycles. The van der Waals surface area contributed by atoms with Crippen LogP contribution in [0.5, 0.6) is 0 Å². The van der Waals surface area contributed by atoms with Crippen LogP contribution in [0.2, 0.25) is 10.0 Å². The van der Waals surface area contributed by atoms with Gasteiger partial charge in [0.15, 0.2) is 0 Å². The molecule has 3 rings (SSSR count). The number of rotatable bonds is 8. The van der Waals surface area contributed by atoms with E-state index < -0.39 is 0 Å². The normalized spacial score (nSPS) is 10.6. The SMILES string of the molecule is O=C(Cc1ccc(-c2ccccc2)cc1)NCCSCc1ccc(Cl)cc1Cl. The van der Waals surface area contributed by atoms with Crippen LogP contribution < -0.4 is 5.32 Å². The number of hydrogen-bond donors (Lipinski definition) is 1. The number of carbonyl (C=O) groups excluding carboxylic acids is 1. The summed E-state index contributed by atoms with van der Waals surface area (Å²) in [5.74, 6) is 1.67. The zero-order valence-corrected chi connectivity index (χ0v) is 17.7. The van der Waals surface area contributed by atoms with E-state index >= 15 is 0 Å². The van der Waals surface area contributed by atoms with Gasteiger partial charge >= 0.3 is 0 Å². The lowest BCUT2D eigenvalue weighted by Gasteiger charge is -2.07. The van der Waals surface area contributed by atoms with E-state index in [1.54, 1.807) is 17.8 Å². The molecule has 0 radical (unpaired) electrons. The van der Waals surface area contributed by atoms with Gasteiger partial charge in [-0.2, -0.15) is 11.8 Å². The van der Waals surface area contributed by atoms with Crippen LogP contribution in [-0.4, -0.2) is 18.2 Å². The van der Waals surface area contributed by atoms with Crippen molar-refractivity contribution < 1.29 is 4.79 Å². The first-order valence-electron chi connectivity index (χ1n) is 9.04. The topological polar surface area (TPSA) is 29.1 Å². The summed E-state index contributed by atoms with van der Waals surface area (Å²) in [7, 11) is 0. The van der Waals surface area contributed by atoms with Gasteiger partial charge in [-0.3, -0.25) is 4.79 Å². The van der Waals surface area contributed by atoms with Gasteiger partial charge in [-0.15, -0.1) is 0 Å². The van der Waals surface area contributed by atoms with Crippen LogP contribution in [0.1, 0.15) is 11.1 Å². The van der Waals surface area contributed by atoms with Crippen LogP contribution in [0.3, 0.4) is 0 Å². The predicted octanol–water partition coefficient (Wildman–Crippen LogP) is 6.25. The van der Waals surface area contributed by atoms with Crippen LogP contribution in [0.4, 0.5) is 0 Å². The molecule has 0 atom stereocenters. The minimum Gasteiger partial charge on any atom is -0.355 e. The van der Waals surface area contributed by atoms with Crippen molar-refractivity contribution in [1.29, 1.82) is 0 Å². The van der Waals surface area contributed by atoms with E-state index in [0.717, 1.165) is 28.2 Å². The molecule has 0 bridgehead atoms. The third-order valence-corrected chi connectivity index (χ3v) is 5.86. The van der Waals surface area contributed by atoms with Gasteiger partial charge in [0.25, 0.3) is 0 Å². The molecular formula is C23H21Cl2NOS. The second-order valence-electron chi connectivity index (χ2n) is 6.38. The standard InChI is InChI=1S/C23H21Cl2NOS/c24-21-11-10-20(22(25)15-21)16-28-13-12-26-23(27)14-17-6-8-19(9-7-17)18-4-2-1-3-5-18/h1-11,15H,12-14,16H2,(H,26,27). The molecule has 0 saturated carbocycles. The van der Waals surface area contributed by atoms with Gasteiger partial charge in [-0.1, -0.05) is 83.9 Å². The minimum absolute atomic E-state index is 0.0394. The summed E-state index contributed by atoms with van der Waals surface area (Å²) in [6.07, 6.45) is 0.392. The Labute approximate surface area is 180 Å². The summed E-state index contributed by atoms with van der Waals surface area (Å²) in [5, 5.41) is 4.30. The molecule has 0 aliphatic heterocycles. The first-order chi connectivity index (χ1) is 13.6. The highest BCUT2D eigenvalue weighted by molar-refractivity contribution is 7.98. The summed E-state index contributed by atoms with van der Waals surface area (Å²) in [5.41, 5.74) is 4.40. The lowest BCUT2D eigenvalue weighted by Crippen LogP contribution is -2.27. The largest absolute Gasteiger partial charge is 0.355 e. The molecule has 0 aromatic heterocycles. The van der Waals surface area contributed by atoms with Crippen molar-refractivity contribution in [2.75, 3.05) is 12.3 Å². The molecule has 0 aliphatic carbocycles. The van der Waals surface area contributed by atoms with E-state index in [1.807, 2.05) is 42.5 Å². The summed E-state index contributed by atoms with van der Waals surface area (Å²) in [6.45, 7) is 0.636. The Morgan fingerprint density at radius 1 is 0.893 bits per heavy atom. The number of carbonyl (C=O) groups is 1. The van der Waals surface area contributed by atoms with Crippen LogP contribution in [0.15, 0.2) is 72.8 Å². The number of halogens is 2. The van der Waals surface area contributed by atoms with Gasteiger partial charge in [-0.25, -0.2) is 0 Å². The summed E-state index contributed by atoms with van der Waals surface area (Å²) in [6, 6.07) is 23.9. The molecule has 2 nitrogen and oxygen atoms in total. The Morgan fingerprint density at radius 2 is 1.61 bits per heavy atom. The Balaban J connectivity index is 1.38. The zero-order chi connectivity index (χ0) is 19.8. The lowest BCUT2D eigenvalue weighted by molar-refractivity contribution is -0.120. The molecule has 5 heteroatoms. The third kappa shape index (κ3) is 6.30. The Kier molecular flexibility index (Phi) is 7.84. The van der Waals surface area contributed by atoms with Crippen molar-refractivity contribution in [2.45, 2.75) is 12.2 Å². The maximum atomic E-state index is 12.1. The quantitative estimate of drug-likeness (QED) is 0.428. The highest BCUT2D eigenvalue weighted by atomic mass is 35.5. The number of benzene rings is 3. The van der Waals surface area contributed by atoms with E-state index in [0.29, 0.717) is 23.0 Å². The third-order valence-electron chi connectivity index (χ3n) is 4.27. The summed E-state index contributed by atoms with van der Waals surface area (Å²) < 4.78 is 0. The Hall–Kier alpha value is -1.94. The van der Waals surface area contributed by atoms with Crippen LogP contribution in [0.25, 0.3) is 11.1 Å². The van der Waals surface area contributed by atoms with Crippen LogP contribution in [-0.2, 0) is 17.0 Å². The predicted molar refractivity (Wildman–Crippen MR) is 121 cm³/mol. The van der Waals surface area contributed by atoms with E-state index in [9.17, 15) is 4.79 Å². The lowest BCUT2D eigenvalue weighted by atomic mass is 10.0. The van der Waals surface area contributed by atoms with Gasteiger partial charge in [0, 0.05) is 28.1 Å². The average Bonchev–Trinajstić information content (AvgIpc) is 2.70. The molecule has 144 valence electrons. The zero-order valence-electron chi connectivity index (χ0n) is 15.3. The first-order valence-corrected chi connectivity index (χ1v) is 11.0. The second kappa shape index (κ2) is 10.6. The van der Waals surface area contributed by atoms with E-state index in [1.165, 1.54) is 5.56 Å². The van der Waals surface area contributed by atoms with Crippen molar-refractivity contribution in [1.82, 2.24) is 5.32 Å². The highest BCUT2D eigenvalue weighted by Crippen LogP contribution is 2.24. The molecule has 1 N–H and O–H groups in total. The fourth-order valence-electron chi connectivity index (χ4n) is 2.78. The van der Waals surface area contributed by atoms with Crippen molar-refractivity contribution >= 4 is 40.9 Å².